The molecule has 1 aromatic carbocycles. The molecule has 0 radical (unpaired) electrons. The van der Waals surface area contributed by atoms with Crippen molar-refractivity contribution in [1.82, 2.24) is 5.32 Å². The highest BCUT2D eigenvalue weighted by molar-refractivity contribution is 9.10. The zero-order valence-electron chi connectivity index (χ0n) is 10.7. The number of hydrogen-bond acceptors (Lipinski definition) is 3. The van der Waals surface area contributed by atoms with E-state index in [1.807, 2.05) is 6.92 Å². The average molecular weight is 320 g/mol. The Bertz CT molecular complexity index is 363. The second-order valence-corrected chi connectivity index (χ2v) is 4.97. The van der Waals surface area contributed by atoms with Crippen LogP contribution in [-0.2, 0) is 4.74 Å². The number of benzene rings is 1. The van der Waals surface area contributed by atoms with E-state index in [1.54, 1.807) is 19.2 Å². The molecule has 0 aliphatic carbocycles. The Morgan fingerprint density at radius 2 is 2.22 bits per heavy atom. The van der Waals surface area contributed by atoms with Gasteiger partial charge in [-0.1, -0.05) is 15.9 Å². The van der Waals surface area contributed by atoms with Crippen LogP contribution >= 0.6 is 15.9 Å². The molecule has 0 saturated carbocycles. The largest absolute Gasteiger partial charge is 0.486 e. The molecule has 102 valence electrons. The molecule has 0 fully saturated rings. The minimum absolute atomic E-state index is 0.0804. The molecule has 1 unspecified atom stereocenters. The van der Waals surface area contributed by atoms with Crippen LogP contribution in [-0.4, -0.2) is 32.9 Å². The van der Waals surface area contributed by atoms with Gasteiger partial charge in [-0.15, -0.1) is 0 Å². The zero-order chi connectivity index (χ0) is 13.4. The van der Waals surface area contributed by atoms with Crippen molar-refractivity contribution < 1.29 is 13.9 Å². The third-order valence-corrected chi connectivity index (χ3v) is 2.85. The van der Waals surface area contributed by atoms with Crippen LogP contribution in [0.15, 0.2) is 22.7 Å². The lowest BCUT2D eigenvalue weighted by molar-refractivity contribution is 0.186. The summed E-state index contributed by atoms with van der Waals surface area (Å²) in [5.74, 6) is -0.0694. The molecule has 1 aromatic rings. The van der Waals surface area contributed by atoms with Gasteiger partial charge in [0.15, 0.2) is 11.6 Å². The first-order valence-corrected chi connectivity index (χ1v) is 6.74. The lowest BCUT2D eigenvalue weighted by Gasteiger charge is -2.16. The average Bonchev–Trinajstić information content (AvgIpc) is 2.32. The van der Waals surface area contributed by atoms with Crippen molar-refractivity contribution in [3.8, 4) is 5.75 Å². The minimum Gasteiger partial charge on any atom is -0.486 e. The van der Waals surface area contributed by atoms with Crippen LogP contribution < -0.4 is 10.1 Å². The third kappa shape index (κ3) is 5.80. The monoisotopic (exact) mass is 319 g/mol. The van der Waals surface area contributed by atoms with Gasteiger partial charge in [0.05, 0.1) is 0 Å². The molecule has 0 aliphatic rings. The number of nitrogens with one attached hydrogen (secondary N) is 1. The molecule has 18 heavy (non-hydrogen) atoms. The molecule has 0 aliphatic heterocycles. The van der Waals surface area contributed by atoms with E-state index in [-0.39, 0.29) is 17.7 Å². The predicted octanol–water partition coefficient (Wildman–Crippen LogP) is 2.98. The fourth-order valence-corrected chi connectivity index (χ4v) is 1.81. The molecule has 0 heterocycles. The minimum atomic E-state index is -0.351. The molecular weight excluding hydrogens is 301 g/mol. The second-order valence-electron chi connectivity index (χ2n) is 4.05. The van der Waals surface area contributed by atoms with E-state index < -0.39 is 0 Å². The van der Waals surface area contributed by atoms with Gasteiger partial charge >= 0.3 is 0 Å². The summed E-state index contributed by atoms with van der Waals surface area (Å²) in [5.41, 5.74) is 0. The summed E-state index contributed by atoms with van der Waals surface area (Å²) >= 11 is 3.21. The summed E-state index contributed by atoms with van der Waals surface area (Å²) in [5, 5.41) is 3.23. The van der Waals surface area contributed by atoms with Crippen molar-refractivity contribution in [2.24, 2.45) is 0 Å². The quantitative estimate of drug-likeness (QED) is 0.747. The van der Waals surface area contributed by atoms with E-state index in [9.17, 15) is 4.39 Å². The maximum Gasteiger partial charge on any atom is 0.166 e. The number of rotatable bonds is 8. The van der Waals surface area contributed by atoms with Gasteiger partial charge in [0.25, 0.3) is 0 Å². The Morgan fingerprint density at radius 1 is 1.44 bits per heavy atom. The molecule has 3 nitrogen and oxygen atoms in total. The first kappa shape index (κ1) is 15.4. The van der Waals surface area contributed by atoms with Crippen LogP contribution in [0.5, 0.6) is 5.75 Å². The van der Waals surface area contributed by atoms with Crippen molar-refractivity contribution >= 4 is 15.9 Å². The first-order valence-electron chi connectivity index (χ1n) is 5.95. The lowest BCUT2D eigenvalue weighted by Crippen LogP contribution is -2.30. The van der Waals surface area contributed by atoms with E-state index in [0.29, 0.717) is 11.0 Å². The van der Waals surface area contributed by atoms with Gasteiger partial charge in [0.1, 0.15) is 6.10 Å². The van der Waals surface area contributed by atoms with Gasteiger partial charge in [-0.3, -0.25) is 0 Å². The number of methoxy groups -OCH3 is 1. The maximum atomic E-state index is 13.5. The van der Waals surface area contributed by atoms with E-state index >= 15 is 0 Å². The van der Waals surface area contributed by atoms with E-state index in [0.717, 1.165) is 19.6 Å². The van der Waals surface area contributed by atoms with Gasteiger partial charge in [-0.05, 0) is 38.1 Å². The van der Waals surface area contributed by atoms with E-state index in [1.165, 1.54) is 6.07 Å². The van der Waals surface area contributed by atoms with E-state index in [2.05, 4.69) is 21.2 Å². The molecule has 0 saturated heterocycles. The van der Waals surface area contributed by atoms with Crippen LogP contribution in [0.1, 0.15) is 13.3 Å². The van der Waals surface area contributed by atoms with Crippen molar-refractivity contribution in [2.75, 3.05) is 26.8 Å². The molecular formula is C13H19BrFNO2. The summed E-state index contributed by atoms with van der Waals surface area (Å²) in [6.07, 6.45) is 0.874. The van der Waals surface area contributed by atoms with Crippen LogP contribution in [0, 0.1) is 5.82 Å². The van der Waals surface area contributed by atoms with Gasteiger partial charge in [0.2, 0.25) is 0 Å². The van der Waals surface area contributed by atoms with Gasteiger partial charge in [-0.2, -0.15) is 0 Å². The fraction of sp³-hybridized carbons (Fsp3) is 0.538. The van der Waals surface area contributed by atoms with Crippen molar-refractivity contribution in [3.05, 3.63) is 28.5 Å². The molecule has 1 N–H and O–H groups in total. The highest BCUT2D eigenvalue weighted by Gasteiger charge is 2.08. The molecule has 5 heteroatoms. The number of halogens is 2. The summed E-state index contributed by atoms with van der Waals surface area (Å²) in [6.45, 7) is 4.19. The summed E-state index contributed by atoms with van der Waals surface area (Å²) in [4.78, 5) is 0. The highest BCUT2D eigenvalue weighted by Crippen LogP contribution is 2.22. The van der Waals surface area contributed by atoms with Gasteiger partial charge in [0, 0.05) is 24.7 Å². The van der Waals surface area contributed by atoms with Crippen molar-refractivity contribution in [2.45, 2.75) is 19.4 Å². The topological polar surface area (TPSA) is 30.5 Å². The summed E-state index contributed by atoms with van der Waals surface area (Å²) in [6, 6.07) is 4.78. The van der Waals surface area contributed by atoms with Gasteiger partial charge in [-0.25, -0.2) is 4.39 Å². The molecule has 0 aromatic heterocycles. The second kappa shape index (κ2) is 8.45. The SMILES string of the molecule is COCCCNCC(C)Oc1ccc(Br)cc1F. The zero-order valence-corrected chi connectivity index (χ0v) is 12.3. The Hall–Kier alpha value is -0.650. The van der Waals surface area contributed by atoms with Crippen LogP contribution in [0.3, 0.4) is 0 Å². The predicted molar refractivity (Wildman–Crippen MR) is 73.6 cm³/mol. The van der Waals surface area contributed by atoms with Crippen molar-refractivity contribution in [1.29, 1.82) is 0 Å². The molecule has 1 atom stereocenters. The molecule has 0 bridgehead atoms. The lowest BCUT2D eigenvalue weighted by atomic mass is 10.3. The van der Waals surface area contributed by atoms with E-state index in [4.69, 9.17) is 9.47 Å². The van der Waals surface area contributed by atoms with Crippen LogP contribution in [0.2, 0.25) is 0 Å². The number of hydrogen-bond donors (Lipinski definition) is 1. The smallest absolute Gasteiger partial charge is 0.166 e. The number of ether oxygens (including phenoxy) is 2. The van der Waals surface area contributed by atoms with Crippen LogP contribution in [0.25, 0.3) is 0 Å². The van der Waals surface area contributed by atoms with Gasteiger partial charge < -0.3 is 14.8 Å². The Labute approximate surface area is 116 Å². The maximum absolute atomic E-state index is 13.5. The molecule has 0 amide bonds. The Morgan fingerprint density at radius 3 is 2.89 bits per heavy atom. The highest BCUT2D eigenvalue weighted by atomic mass is 79.9. The molecule has 0 spiro atoms. The Kier molecular flexibility index (Phi) is 7.23. The third-order valence-electron chi connectivity index (χ3n) is 2.36. The molecule has 1 rings (SSSR count). The van der Waals surface area contributed by atoms with Crippen molar-refractivity contribution in [3.63, 3.8) is 0 Å². The standard InChI is InChI=1S/C13H19BrFNO2/c1-10(9-16-6-3-7-17-2)18-13-5-4-11(14)8-12(13)15/h4-5,8,10,16H,3,6-7,9H2,1-2H3. The first-order chi connectivity index (χ1) is 8.63. The Balaban J connectivity index is 2.28. The fourth-order valence-electron chi connectivity index (χ4n) is 1.48. The normalized spacial score (nSPS) is 12.4. The summed E-state index contributed by atoms with van der Waals surface area (Å²) in [7, 11) is 1.68. The van der Waals surface area contributed by atoms with Crippen LogP contribution in [0.4, 0.5) is 4.39 Å². The summed E-state index contributed by atoms with van der Waals surface area (Å²) < 4.78 is 24.7.